The van der Waals surface area contributed by atoms with Crippen LogP contribution in [0.2, 0.25) is 0 Å². The molecule has 1 heterocycles. The molecule has 0 spiro atoms. The summed E-state index contributed by atoms with van der Waals surface area (Å²) in [5.74, 6) is -0.109. The van der Waals surface area contributed by atoms with Crippen LogP contribution in [-0.2, 0) is 27.8 Å². The first kappa shape index (κ1) is 17.4. The van der Waals surface area contributed by atoms with Gasteiger partial charge >= 0.3 is 0 Å². The van der Waals surface area contributed by atoms with Crippen LogP contribution in [0.4, 0.5) is 5.69 Å². The van der Waals surface area contributed by atoms with Crippen LogP contribution in [0.25, 0.3) is 0 Å². The Morgan fingerprint density at radius 1 is 1.40 bits per heavy atom. The highest BCUT2D eigenvalue weighted by atomic mass is 32.2. The van der Waals surface area contributed by atoms with Gasteiger partial charge in [0, 0.05) is 24.8 Å². The number of primary sulfonamides is 1. The number of anilines is 1. The van der Waals surface area contributed by atoms with E-state index in [1.807, 2.05) is 18.2 Å². The van der Waals surface area contributed by atoms with Crippen molar-refractivity contribution in [1.82, 2.24) is 15.1 Å². The summed E-state index contributed by atoms with van der Waals surface area (Å²) in [5.41, 5.74) is 8.85. The number of benzene rings is 1. The molecule has 5 N–H and O–H groups in total. The summed E-state index contributed by atoms with van der Waals surface area (Å²) in [6, 6.07) is 5.77. The molecule has 1 aromatic carbocycles. The summed E-state index contributed by atoms with van der Waals surface area (Å²) < 4.78 is 23.8. The molecule has 1 aliphatic carbocycles. The molecule has 0 fully saturated rings. The number of nitrogens with zero attached hydrogens (tertiary/aromatic N) is 2. The lowest BCUT2D eigenvalue weighted by Crippen LogP contribution is -2.31. The van der Waals surface area contributed by atoms with Crippen LogP contribution in [0, 0.1) is 0 Å². The number of sulfonamides is 1. The molecule has 0 radical (unpaired) electrons. The molecule has 1 atom stereocenters. The number of fused-ring (bicyclic) bond motifs is 1. The number of nitrogen functional groups attached to an aromatic ring is 1. The SMILES string of the molecule is Nc1ccc2c(c1)CCCC2NC(=O)CCn1cc(S(N)(=O)=O)cn1. The van der Waals surface area contributed by atoms with Gasteiger partial charge in [0.25, 0.3) is 0 Å². The summed E-state index contributed by atoms with van der Waals surface area (Å²) in [6.07, 6.45) is 5.55. The molecule has 1 amide bonds. The van der Waals surface area contributed by atoms with Crippen LogP contribution in [0.3, 0.4) is 0 Å². The minimum Gasteiger partial charge on any atom is -0.399 e. The van der Waals surface area contributed by atoms with E-state index >= 15 is 0 Å². The van der Waals surface area contributed by atoms with Gasteiger partial charge in [0.1, 0.15) is 4.90 Å². The highest BCUT2D eigenvalue weighted by Gasteiger charge is 2.22. The van der Waals surface area contributed by atoms with E-state index in [4.69, 9.17) is 10.9 Å². The van der Waals surface area contributed by atoms with Gasteiger partial charge in [-0.3, -0.25) is 9.48 Å². The highest BCUT2D eigenvalue weighted by molar-refractivity contribution is 7.89. The van der Waals surface area contributed by atoms with Crippen LogP contribution in [-0.4, -0.2) is 24.1 Å². The molecule has 8 nitrogen and oxygen atoms in total. The largest absolute Gasteiger partial charge is 0.399 e. The maximum absolute atomic E-state index is 12.2. The Kier molecular flexibility index (Phi) is 4.78. The zero-order valence-corrected chi connectivity index (χ0v) is 14.5. The van der Waals surface area contributed by atoms with Gasteiger partial charge in [-0.2, -0.15) is 5.10 Å². The minimum absolute atomic E-state index is 0.0190. The van der Waals surface area contributed by atoms with Crippen molar-refractivity contribution in [3.63, 3.8) is 0 Å². The smallest absolute Gasteiger partial charge is 0.241 e. The molecule has 1 unspecified atom stereocenters. The first-order chi connectivity index (χ1) is 11.8. The second-order valence-corrected chi connectivity index (χ2v) is 7.77. The summed E-state index contributed by atoms with van der Waals surface area (Å²) >= 11 is 0. The fourth-order valence-electron chi connectivity index (χ4n) is 3.08. The molecule has 25 heavy (non-hydrogen) atoms. The zero-order chi connectivity index (χ0) is 18.0. The zero-order valence-electron chi connectivity index (χ0n) is 13.7. The van der Waals surface area contributed by atoms with E-state index in [0.717, 1.165) is 30.5 Å². The molecule has 134 valence electrons. The average Bonchev–Trinajstić information content (AvgIpc) is 3.02. The highest BCUT2D eigenvalue weighted by Crippen LogP contribution is 2.31. The summed E-state index contributed by atoms with van der Waals surface area (Å²) in [4.78, 5) is 12.2. The second kappa shape index (κ2) is 6.85. The number of nitrogens with two attached hydrogens (primary N) is 2. The maximum Gasteiger partial charge on any atom is 0.241 e. The topological polar surface area (TPSA) is 133 Å². The van der Waals surface area contributed by atoms with Crippen LogP contribution in [0.1, 0.15) is 36.4 Å². The lowest BCUT2D eigenvalue weighted by molar-refractivity contribution is -0.122. The molecule has 9 heteroatoms. The Labute approximate surface area is 146 Å². The Bertz CT molecular complexity index is 891. The number of rotatable bonds is 5. The molecule has 1 aliphatic rings. The number of amides is 1. The Hall–Kier alpha value is -2.39. The number of carbonyl (C=O) groups is 1. The average molecular weight is 363 g/mol. The van der Waals surface area contributed by atoms with E-state index in [0.29, 0.717) is 0 Å². The summed E-state index contributed by atoms with van der Waals surface area (Å²) in [6.45, 7) is 0.280. The number of hydrogen-bond donors (Lipinski definition) is 3. The van der Waals surface area contributed by atoms with Crippen molar-refractivity contribution in [3.8, 4) is 0 Å². The van der Waals surface area contributed by atoms with Crippen molar-refractivity contribution in [3.05, 3.63) is 41.7 Å². The van der Waals surface area contributed by atoms with Crippen molar-refractivity contribution in [2.75, 3.05) is 5.73 Å². The first-order valence-electron chi connectivity index (χ1n) is 8.06. The molecule has 0 bridgehead atoms. The lowest BCUT2D eigenvalue weighted by Gasteiger charge is -2.26. The van der Waals surface area contributed by atoms with Crippen molar-refractivity contribution >= 4 is 21.6 Å². The van der Waals surface area contributed by atoms with Crippen molar-refractivity contribution < 1.29 is 13.2 Å². The molecule has 2 aromatic rings. The third-order valence-electron chi connectivity index (χ3n) is 4.32. The fourth-order valence-corrected chi connectivity index (χ4v) is 3.54. The molecular weight excluding hydrogens is 342 g/mol. The van der Waals surface area contributed by atoms with Gasteiger partial charge in [0.2, 0.25) is 15.9 Å². The van der Waals surface area contributed by atoms with E-state index in [1.54, 1.807) is 0 Å². The molecule has 3 rings (SSSR count). The normalized spacial score (nSPS) is 17.1. The van der Waals surface area contributed by atoms with E-state index in [-0.39, 0.29) is 29.8 Å². The van der Waals surface area contributed by atoms with Gasteiger partial charge in [-0.25, -0.2) is 13.6 Å². The van der Waals surface area contributed by atoms with E-state index < -0.39 is 10.0 Å². The van der Waals surface area contributed by atoms with E-state index in [9.17, 15) is 13.2 Å². The summed E-state index contributed by atoms with van der Waals surface area (Å²) in [5, 5.41) is 12.0. The standard InChI is InChI=1S/C16H21N5O3S/c17-12-4-5-14-11(8-12)2-1-3-15(14)20-16(22)6-7-21-10-13(9-19-21)25(18,23)24/h4-5,8-10,15H,1-3,6-7,17H2,(H,20,22)(H2,18,23,24). The van der Waals surface area contributed by atoms with Gasteiger partial charge in [-0.05, 0) is 42.5 Å². The van der Waals surface area contributed by atoms with Gasteiger partial charge in [-0.15, -0.1) is 0 Å². The van der Waals surface area contributed by atoms with Gasteiger partial charge in [-0.1, -0.05) is 6.07 Å². The Morgan fingerprint density at radius 2 is 2.20 bits per heavy atom. The van der Waals surface area contributed by atoms with E-state index in [1.165, 1.54) is 22.6 Å². The monoisotopic (exact) mass is 363 g/mol. The van der Waals surface area contributed by atoms with Crippen LogP contribution in [0.15, 0.2) is 35.5 Å². The number of nitrogens with one attached hydrogen (secondary N) is 1. The van der Waals surface area contributed by atoms with Gasteiger partial charge in [0.15, 0.2) is 0 Å². The van der Waals surface area contributed by atoms with Crippen LogP contribution < -0.4 is 16.2 Å². The van der Waals surface area contributed by atoms with Gasteiger partial charge in [0.05, 0.1) is 12.2 Å². The predicted molar refractivity (Wildman–Crippen MR) is 92.9 cm³/mol. The first-order valence-corrected chi connectivity index (χ1v) is 9.60. The summed E-state index contributed by atoms with van der Waals surface area (Å²) in [7, 11) is -3.77. The quantitative estimate of drug-likeness (QED) is 0.672. The maximum atomic E-state index is 12.2. The minimum atomic E-state index is -3.77. The lowest BCUT2D eigenvalue weighted by atomic mass is 9.87. The van der Waals surface area contributed by atoms with Crippen molar-refractivity contribution in [2.24, 2.45) is 5.14 Å². The molecule has 1 aromatic heterocycles. The number of carbonyl (C=O) groups excluding carboxylic acids is 1. The third kappa shape index (κ3) is 4.18. The van der Waals surface area contributed by atoms with E-state index in [2.05, 4.69) is 10.4 Å². The molecular formula is C16H21N5O3S. The van der Waals surface area contributed by atoms with Gasteiger partial charge < -0.3 is 11.1 Å². The molecule has 0 aliphatic heterocycles. The fraction of sp³-hybridized carbons (Fsp3) is 0.375. The van der Waals surface area contributed by atoms with Crippen molar-refractivity contribution in [1.29, 1.82) is 0 Å². The van der Waals surface area contributed by atoms with Crippen LogP contribution in [0.5, 0.6) is 0 Å². The Morgan fingerprint density at radius 3 is 2.92 bits per heavy atom. The Balaban J connectivity index is 1.60. The number of aryl methyl sites for hydroxylation is 2. The predicted octanol–water partition coefficient (Wildman–Crippen LogP) is 0.697. The number of hydrogen-bond acceptors (Lipinski definition) is 5. The van der Waals surface area contributed by atoms with Crippen LogP contribution >= 0.6 is 0 Å². The van der Waals surface area contributed by atoms with Crippen molar-refractivity contribution in [2.45, 2.75) is 43.2 Å². The second-order valence-electron chi connectivity index (χ2n) is 6.20. The molecule has 0 saturated heterocycles. The molecule has 0 saturated carbocycles. The third-order valence-corrected chi connectivity index (χ3v) is 5.19. The number of aromatic nitrogens is 2.